The van der Waals surface area contributed by atoms with Crippen molar-refractivity contribution in [3.63, 3.8) is 0 Å². The molecule has 0 saturated heterocycles. The molecule has 268 valence electrons. The molecule has 3 heterocycles. The van der Waals surface area contributed by atoms with Gasteiger partial charge in [0.25, 0.3) is 0 Å². The first-order valence-corrected chi connectivity index (χ1v) is 20.3. The lowest BCUT2D eigenvalue weighted by Gasteiger charge is -2.21. The van der Waals surface area contributed by atoms with Crippen LogP contribution >= 0.6 is 11.3 Å². The van der Waals surface area contributed by atoms with Crippen LogP contribution in [-0.4, -0.2) is 19.5 Å². The summed E-state index contributed by atoms with van der Waals surface area (Å²) in [6, 6.07) is 61.0. The standard InChI is InChI=1S/C52H34N4S/c1-52(2)40-23-13-11-21-36(40)45-41(52)27-25-35-39-29-33-19-9-10-20-34(33)30-43(39)56(47(35)45)42-28-26-38(48-46(42)37-22-12-14-24-44(37)57-48)51-54-49(31-15-5-3-6-16-31)53-50(55-51)32-17-7-4-8-18-32/h3-30H,1-2H3. The largest absolute Gasteiger partial charge is 0.308 e. The zero-order valence-corrected chi connectivity index (χ0v) is 32.2. The van der Waals surface area contributed by atoms with Crippen LogP contribution in [0.1, 0.15) is 25.0 Å². The lowest BCUT2D eigenvalue weighted by atomic mass is 9.82. The number of hydrogen-bond acceptors (Lipinski definition) is 4. The van der Waals surface area contributed by atoms with Crippen molar-refractivity contribution in [1.82, 2.24) is 19.5 Å². The summed E-state index contributed by atoms with van der Waals surface area (Å²) in [4.78, 5) is 15.4. The van der Waals surface area contributed by atoms with E-state index in [0.717, 1.165) is 27.1 Å². The van der Waals surface area contributed by atoms with E-state index in [1.807, 2.05) is 47.7 Å². The lowest BCUT2D eigenvalue weighted by Crippen LogP contribution is -2.14. The van der Waals surface area contributed by atoms with Crippen LogP contribution in [0.3, 0.4) is 0 Å². The Bertz CT molecular complexity index is 3370. The van der Waals surface area contributed by atoms with Gasteiger partial charge in [0.05, 0.1) is 16.7 Å². The molecule has 0 spiro atoms. The molecular weight excluding hydrogens is 713 g/mol. The second kappa shape index (κ2) is 12.0. The third-order valence-electron chi connectivity index (χ3n) is 12.0. The molecule has 0 aliphatic heterocycles. The second-order valence-electron chi connectivity index (χ2n) is 15.6. The minimum absolute atomic E-state index is 0.133. The summed E-state index contributed by atoms with van der Waals surface area (Å²) in [5.41, 5.74) is 11.7. The van der Waals surface area contributed by atoms with Crippen molar-refractivity contribution in [3.05, 3.63) is 181 Å². The first-order valence-electron chi connectivity index (χ1n) is 19.5. The normalized spacial score (nSPS) is 13.2. The van der Waals surface area contributed by atoms with E-state index in [4.69, 9.17) is 15.0 Å². The molecule has 0 atom stereocenters. The molecule has 0 amide bonds. The monoisotopic (exact) mass is 746 g/mol. The summed E-state index contributed by atoms with van der Waals surface area (Å²) < 4.78 is 4.95. The number of fused-ring (bicyclic) bond motifs is 11. The van der Waals surface area contributed by atoms with Crippen LogP contribution in [0.4, 0.5) is 0 Å². The second-order valence-corrected chi connectivity index (χ2v) is 16.6. The fraction of sp³-hybridized carbons (Fsp3) is 0.0577. The number of hydrogen-bond donors (Lipinski definition) is 0. The Hall–Kier alpha value is -6.95. The van der Waals surface area contributed by atoms with E-state index in [1.54, 1.807) is 0 Å². The SMILES string of the molecule is CC1(C)c2ccccc2-c2c1ccc1c3cc4ccccc4cc3n(-c3ccc(-c4nc(-c5ccccc5)nc(-c5ccccc5)n4)c4sc5ccccc5c34)c21. The van der Waals surface area contributed by atoms with Crippen molar-refractivity contribution in [2.45, 2.75) is 19.3 Å². The average molecular weight is 747 g/mol. The summed E-state index contributed by atoms with van der Waals surface area (Å²) in [5.74, 6) is 1.98. The van der Waals surface area contributed by atoms with Gasteiger partial charge >= 0.3 is 0 Å². The van der Waals surface area contributed by atoms with Gasteiger partial charge in [-0.2, -0.15) is 0 Å². The van der Waals surface area contributed by atoms with Gasteiger partial charge in [0.15, 0.2) is 17.5 Å². The maximum atomic E-state index is 5.21. The highest BCUT2D eigenvalue weighted by Crippen LogP contribution is 2.54. The van der Waals surface area contributed by atoms with Gasteiger partial charge in [0.1, 0.15) is 0 Å². The van der Waals surface area contributed by atoms with Crippen LogP contribution in [0.2, 0.25) is 0 Å². The Morgan fingerprint density at radius 3 is 1.88 bits per heavy atom. The molecule has 4 nitrogen and oxygen atoms in total. The smallest absolute Gasteiger partial charge is 0.165 e. The van der Waals surface area contributed by atoms with E-state index >= 15 is 0 Å². The molecule has 0 fully saturated rings. The molecule has 12 rings (SSSR count). The van der Waals surface area contributed by atoms with E-state index in [-0.39, 0.29) is 5.41 Å². The summed E-state index contributed by atoms with van der Waals surface area (Å²) in [6.45, 7) is 4.73. The van der Waals surface area contributed by atoms with Crippen LogP contribution in [-0.2, 0) is 5.41 Å². The molecule has 8 aromatic carbocycles. The van der Waals surface area contributed by atoms with Gasteiger partial charge in [-0.05, 0) is 57.8 Å². The van der Waals surface area contributed by atoms with Crippen molar-refractivity contribution in [3.8, 4) is 51.0 Å². The molecule has 5 heteroatoms. The molecule has 11 aromatic rings. The fourth-order valence-electron chi connectivity index (χ4n) is 9.33. The summed E-state index contributed by atoms with van der Waals surface area (Å²) in [6.07, 6.45) is 0. The first-order chi connectivity index (χ1) is 28.0. The molecule has 3 aromatic heterocycles. The molecule has 1 aliphatic rings. The number of nitrogens with zero attached hydrogens (tertiary/aromatic N) is 4. The highest BCUT2D eigenvalue weighted by atomic mass is 32.1. The van der Waals surface area contributed by atoms with Gasteiger partial charge in [0.2, 0.25) is 0 Å². The van der Waals surface area contributed by atoms with Crippen molar-refractivity contribution in [2.75, 3.05) is 0 Å². The first kappa shape index (κ1) is 32.3. The zero-order valence-electron chi connectivity index (χ0n) is 31.4. The third kappa shape index (κ3) is 4.70. The topological polar surface area (TPSA) is 43.6 Å². The molecule has 0 unspecified atom stereocenters. The summed E-state index contributed by atoms with van der Waals surface area (Å²) >= 11 is 1.81. The molecule has 0 radical (unpaired) electrons. The van der Waals surface area contributed by atoms with Gasteiger partial charge in [-0.1, -0.05) is 153 Å². The highest BCUT2D eigenvalue weighted by Gasteiger charge is 2.38. The van der Waals surface area contributed by atoms with Crippen molar-refractivity contribution in [2.24, 2.45) is 0 Å². The Kier molecular flexibility index (Phi) is 6.82. The van der Waals surface area contributed by atoms with Gasteiger partial charge < -0.3 is 4.57 Å². The maximum absolute atomic E-state index is 5.21. The number of aromatic nitrogens is 4. The minimum Gasteiger partial charge on any atom is -0.308 e. The Labute approximate surface area is 333 Å². The highest BCUT2D eigenvalue weighted by molar-refractivity contribution is 7.26. The van der Waals surface area contributed by atoms with Crippen molar-refractivity contribution in [1.29, 1.82) is 0 Å². The van der Waals surface area contributed by atoms with Gasteiger partial charge in [-0.15, -0.1) is 11.3 Å². The Morgan fingerprint density at radius 1 is 0.491 bits per heavy atom. The predicted octanol–water partition coefficient (Wildman–Crippen LogP) is 13.8. The molecule has 0 bridgehead atoms. The molecule has 1 aliphatic carbocycles. The van der Waals surface area contributed by atoms with Gasteiger partial charge in [0, 0.05) is 58.6 Å². The Balaban J connectivity index is 1.22. The minimum atomic E-state index is -0.133. The van der Waals surface area contributed by atoms with Crippen LogP contribution < -0.4 is 0 Å². The van der Waals surface area contributed by atoms with Crippen LogP contribution in [0, 0.1) is 0 Å². The van der Waals surface area contributed by atoms with Gasteiger partial charge in [-0.3, -0.25) is 0 Å². The van der Waals surface area contributed by atoms with Crippen LogP contribution in [0.15, 0.2) is 170 Å². The lowest BCUT2D eigenvalue weighted by molar-refractivity contribution is 0.661. The summed E-state index contributed by atoms with van der Waals surface area (Å²) in [7, 11) is 0. The van der Waals surface area contributed by atoms with Crippen LogP contribution in [0.25, 0.3) is 104 Å². The quantitative estimate of drug-likeness (QED) is 0.180. The van der Waals surface area contributed by atoms with Crippen molar-refractivity contribution >= 4 is 64.1 Å². The fourth-order valence-corrected chi connectivity index (χ4v) is 10.6. The van der Waals surface area contributed by atoms with Crippen molar-refractivity contribution < 1.29 is 0 Å². The Morgan fingerprint density at radius 2 is 1.12 bits per heavy atom. The van der Waals surface area contributed by atoms with Crippen LogP contribution in [0.5, 0.6) is 0 Å². The molecule has 0 saturated carbocycles. The van der Waals surface area contributed by atoms with E-state index < -0.39 is 0 Å². The number of benzene rings is 8. The third-order valence-corrected chi connectivity index (χ3v) is 13.2. The van der Waals surface area contributed by atoms with E-state index in [9.17, 15) is 0 Å². The molecule has 57 heavy (non-hydrogen) atoms. The molecular formula is C52H34N4S. The number of rotatable bonds is 4. The van der Waals surface area contributed by atoms with E-state index in [1.165, 1.54) is 70.3 Å². The predicted molar refractivity (Wildman–Crippen MR) is 238 cm³/mol. The maximum Gasteiger partial charge on any atom is 0.165 e. The zero-order chi connectivity index (χ0) is 37.8. The van der Waals surface area contributed by atoms with Gasteiger partial charge in [-0.25, -0.2) is 15.0 Å². The number of thiophene rings is 1. The summed E-state index contributed by atoms with van der Waals surface area (Å²) in [5, 5.41) is 7.40. The average Bonchev–Trinajstić information content (AvgIpc) is 3.89. The van der Waals surface area contributed by atoms with E-state index in [2.05, 4.69) is 152 Å². The van der Waals surface area contributed by atoms with E-state index in [0.29, 0.717) is 17.5 Å². The molecule has 0 N–H and O–H groups in total.